The van der Waals surface area contributed by atoms with Crippen molar-refractivity contribution in [3.63, 3.8) is 0 Å². The summed E-state index contributed by atoms with van der Waals surface area (Å²) in [5.74, 6) is -1.41. The second-order valence-corrected chi connectivity index (χ2v) is 5.67. The molecule has 0 aromatic heterocycles. The van der Waals surface area contributed by atoms with E-state index in [9.17, 15) is 14.7 Å². The molecule has 0 aromatic rings. The number of amides is 1. The van der Waals surface area contributed by atoms with Gasteiger partial charge in [0.05, 0.1) is 11.8 Å². The molecule has 1 N–H and O–H groups in total. The summed E-state index contributed by atoms with van der Waals surface area (Å²) in [6.07, 6.45) is 3.96. The fourth-order valence-electron chi connectivity index (χ4n) is 2.93. The first-order valence-electron chi connectivity index (χ1n) is 7.06. The lowest BCUT2D eigenvalue weighted by Crippen LogP contribution is -2.43. The molecule has 4 heteroatoms. The molecule has 0 heterocycles. The SMILES string of the molecule is C=CCN(C(=O)C1CC(CC)CC1C(=O)O)C(C)C. The van der Waals surface area contributed by atoms with Crippen molar-refractivity contribution in [1.29, 1.82) is 0 Å². The molecule has 1 fully saturated rings. The molecule has 1 amide bonds. The predicted molar refractivity (Wildman–Crippen MR) is 74.7 cm³/mol. The maximum Gasteiger partial charge on any atom is 0.307 e. The van der Waals surface area contributed by atoms with Gasteiger partial charge in [0.1, 0.15) is 0 Å². The van der Waals surface area contributed by atoms with Gasteiger partial charge >= 0.3 is 5.97 Å². The zero-order chi connectivity index (χ0) is 14.6. The van der Waals surface area contributed by atoms with Crippen LogP contribution in [0.2, 0.25) is 0 Å². The molecule has 0 aromatic carbocycles. The Morgan fingerprint density at radius 2 is 1.95 bits per heavy atom. The minimum Gasteiger partial charge on any atom is -0.481 e. The standard InChI is InChI=1S/C15H25NO3/c1-5-7-16(10(3)4)14(17)12-8-11(6-2)9-13(12)15(18)19/h5,10-13H,1,6-9H2,2-4H3,(H,18,19). The average Bonchev–Trinajstić information content (AvgIpc) is 2.79. The van der Waals surface area contributed by atoms with E-state index in [4.69, 9.17) is 0 Å². The van der Waals surface area contributed by atoms with Gasteiger partial charge in [0.15, 0.2) is 0 Å². The summed E-state index contributed by atoms with van der Waals surface area (Å²) >= 11 is 0. The highest BCUT2D eigenvalue weighted by Gasteiger charge is 2.43. The van der Waals surface area contributed by atoms with Crippen LogP contribution in [-0.4, -0.2) is 34.5 Å². The van der Waals surface area contributed by atoms with Crippen molar-refractivity contribution in [2.45, 2.75) is 46.1 Å². The highest BCUT2D eigenvalue weighted by Crippen LogP contribution is 2.39. The Labute approximate surface area is 115 Å². The number of carboxylic acid groups (broad SMARTS) is 1. The third-order valence-corrected chi connectivity index (χ3v) is 4.10. The van der Waals surface area contributed by atoms with Crippen molar-refractivity contribution in [2.24, 2.45) is 17.8 Å². The van der Waals surface area contributed by atoms with Crippen LogP contribution in [-0.2, 0) is 9.59 Å². The van der Waals surface area contributed by atoms with E-state index in [-0.39, 0.29) is 17.9 Å². The van der Waals surface area contributed by atoms with Crippen molar-refractivity contribution in [2.75, 3.05) is 6.54 Å². The Bertz CT molecular complexity index is 351. The van der Waals surface area contributed by atoms with Crippen LogP contribution in [0, 0.1) is 17.8 Å². The summed E-state index contributed by atoms with van der Waals surface area (Å²) in [7, 11) is 0. The first-order chi connectivity index (χ1) is 8.92. The third-order valence-electron chi connectivity index (χ3n) is 4.10. The molecule has 19 heavy (non-hydrogen) atoms. The summed E-state index contributed by atoms with van der Waals surface area (Å²) < 4.78 is 0. The zero-order valence-corrected chi connectivity index (χ0v) is 12.1. The molecule has 0 bridgehead atoms. The summed E-state index contributed by atoms with van der Waals surface area (Å²) in [6.45, 7) is 10.1. The van der Waals surface area contributed by atoms with Crippen LogP contribution in [0.3, 0.4) is 0 Å². The number of nitrogens with zero attached hydrogens (tertiary/aromatic N) is 1. The highest BCUT2D eigenvalue weighted by molar-refractivity contribution is 5.85. The Morgan fingerprint density at radius 1 is 1.37 bits per heavy atom. The van der Waals surface area contributed by atoms with Gasteiger partial charge in [-0.25, -0.2) is 0 Å². The molecule has 1 rings (SSSR count). The van der Waals surface area contributed by atoms with E-state index in [1.54, 1.807) is 11.0 Å². The Kier molecular flexibility index (Phi) is 5.58. The number of carboxylic acids is 1. The number of hydrogen-bond donors (Lipinski definition) is 1. The summed E-state index contributed by atoms with van der Waals surface area (Å²) in [5.41, 5.74) is 0. The van der Waals surface area contributed by atoms with Gasteiger partial charge in [-0.05, 0) is 32.6 Å². The second kappa shape index (κ2) is 6.73. The van der Waals surface area contributed by atoms with Crippen LogP contribution in [0.15, 0.2) is 12.7 Å². The van der Waals surface area contributed by atoms with Gasteiger partial charge in [-0.15, -0.1) is 6.58 Å². The maximum absolute atomic E-state index is 12.6. The van der Waals surface area contributed by atoms with Crippen LogP contribution >= 0.6 is 0 Å². The predicted octanol–water partition coefficient (Wildman–Crippen LogP) is 2.55. The molecule has 1 aliphatic carbocycles. The van der Waals surface area contributed by atoms with Crippen molar-refractivity contribution < 1.29 is 14.7 Å². The molecule has 4 nitrogen and oxygen atoms in total. The van der Waals surface area contributed by atoms with E-state index >= 15 is 0 Å². The maximum atomic E-state index is 12.6. The molecule has 0 radical (unpaired) electrons. The smallest absolute Gasteiger partial charge is 0.307 e. The van der Waals surface area contributed by atoms with Gasteiger partial charge in [-0.2, -0.15) is 0 Å². The number of rotatable bonds is 6. The van der Waals surface area contributed by atoms with Crippen LogP contribution < -0.4 is 0 Å². The topological polar surface area (TPSA) is 57.6 Å². The third kappa shape index (κ3) is 3.58. The molecule has 1 aliphatic rings. The molecular formula is C15H25NO3. The number of carbonyl (C=O) groups is 2. The second-order valence-electron chi connectivity index (χ2n) is 5.67. The van der Waals surface area contributed by atoms with Crippen molar-refractivity contribution in [1.82, 2.24) is 4.90 Å². The van der Waals surface area contributed by atoms with E-state index in [0.29, 0.717) is 25.3 Å². The molecular weight excluding hydrogens is 242 g/mol. The number of hydrogen-bond acceptors (Lipinski definition) is 2. The monoisotopic (exact) mass is 267 g/mol. The van der Waals surface area contributed by atoms with Gasteiger partial charge < -0.3 is 10.0 Å². The Balaban J connectivity index is 2.88. The quantitative estimate of drug-likeness (QED) is 0.752. The lowest BCUT2D eigenvalue weighted by molar-refractivity contribution is -0.149. The lowest BCUT2D eigenvalue weighted by Gasteiger charge is -2.29. The fraction of sp³-hybridized carbons (Fsp3) is 0.733. The zero-order valence-electron chi connectivity index (χ0n) is 12.1. The van der Waals surface area contributed by atoms with E-state index in [0.717, 1.165) is 6.42 Å². The van der Waals surface area contributed by atoms with E-state index in [2.05, 4.69) is 13.5 Å². The van der Waals surface area contributed by atoms with Crippen molar-refractivity contribution in [3.8, 4) is 0 Å². The van der Waals surface area contributed by atoms with Crippen LogP contribution in [0.5, 0.6) is 0 Å². The molecule has 0 aliphatic heterocycles. The molecule has 0 spiro atoms. The summed E-state index contributed by atoms with van der Waals surface area (Å²) in [5, 5.41) is 9.31. The molecule has 3 unspecified atom stereocenters. The highest BCUT2D eigenvalue weighted by atomic mass is 16.4. The number of carbonyl (C=O) groups excluding carboxylic acids is 1. The minimum absolute atomic E-state index is 0.0294. The van der Waals surface area contributed by atoms with Crippen molar-refractivity contribution >= 4 is 11.9 Å². The van der Waals surface area contributed by atoms with Gasteiger partial charge in [0.2, 0.25) is 5.91 Å². The first-order valence-corrected chi connectivity index (χ1v) is 7.06. The number of aliphatic carboxylic acids is 1. The van der Waals surface area contributed by atoms with Crippen molar-refractivity contribution in [3.05, 3.63) is 12.7 Å². The average molecular weight is 267 g/mol. The van der Waals surface area contributed by atoms with Crippen LogP contribution in [0.25, 0.3) is 0 Å². The van der Waals surface area contributed by atoms with Gasteiger partial charge in [-0.3, -0.25) is 9.59 Å². The molecule has 1 saturated carbocycles. The lowest BCUT2D eigenvalue weighted by atomic mass is 9.94. The Hall–Kier alpha value is -1.32. The minimum atomic E-state index is -0.836. The van der Waals surface area contributed by atoms with Crippen LogP contribution in [0.1, 0.15) is 40.0 Å². The molecule has 0 saturated heterocycles. The van der Waals surface area contributed by atoms with E-state index in [1.165, 1.54) is 0 Å². The normalized spacial score (nSPS) is 26.4. The molecule has 3 atom stereocenters. The van der Waals surface area contributed by atoms with Crippen LogP contribution in [0.4, 0.5) is 0 Å². The summed E-state index contributed by atoms with van der Waals surface area (Å²) in [4.78, 5) is 25.6. The van der Waals surface area contributed by atoms with Gasteiger partial charge in [0, 0.05) is 12.6 Å². The Morgan fingerprint density at radius 3 is 2.37 bits per heavy atom. The van der Waals surface area contributed by atoms with Gasteiger partial charge in [0.25, 0.3) is 0 Å². The molecule has 108 valence electrons. The first kappa shape index (κ1) is 15.7. The van der Waals surface area contributed by atoms with E-state index in [1.807, 2.05) is 13.8 Å². The summed E-state index contributed by atoms with van der Waals surface area (Å²) in [6, 6.07) is 0.0700. The largest absolute Gasteiger partial charge is 0.481 e. The van der Waals surface area contributed by atoms with Gasteiger partial charge in [-0.1, -0.05) is 19.4 Å². The van der Waals surface area contributed by atoms with E-state index < -0.39 is 11.9 Å². The fourth-order valence-corrected chi connectivity index (χ4v) is 2.93.